The first-order valence-corrected chi connectivity index (χ1v) is 6.50. The summed E-state index contributed by atoms with van der Waals surface area (Å²) >= 11 is 0. The molecule has 104 valence electrons. The normalized spacial score (nSPS) is 21.2. The minimum Gasteiger partial charge on any atom is -0.481 e. The fourth-order valence-corrected chi connectivity index (χ4v) is 2.57. The van der Waals surface area contributed by atoms with E-state index in [1.807, 2.05) is 11.8 Å². The molecule has 1 N–H and O–H groups in total. The van der Waals surface area contributed by atoms with Crippen LogP contribution >= 0.6 is 0 Å². The lowest BCUT2D eigenvalue weighted by molar-refractivity contribution is -0.138. The van der Waals surface area contributed by atoms with E-state index in [2.05, 4.69) is 9.97 Å². The summed E-state index contributed by atoms with van der Waals surface area (Å²) in [7, 11) is 0. The van der Waals surface area contributed by atoms with Gasteiger partial charge >= 0.3 is 5.97 Å². The second kappa shape index (κ2) is 5.95. The van der Waals surface area contributed by atoms with Crippen LogP contribution in [0, 0.1) is 17.7 Å². The van der Waals surface area contributed by atoms with Gasteiger partial charge in [0.05, 0.1) is 12.4 Å². The molecular weight excluding hydrogens is 249 g/mol. The molecule has 2 heterocycles. The third-order valence-corrected chi connectivity index (χ3v) is 3.65. The van der Waals surface area contributed by atoms with Crippen molar-refractivity contribution in [3.8, 4) is 0 Å². The van der Waals surface area contributed by atoms with E-state index in [9.17, 15) is 9.18 Å². The summed E-state index contributed by atoms with van der Waals surface area (Å²) in [5.41, 5.74) is 0. The number of piperidine rings is 1. The highest BCUT2D eigenvalue weighted by Gasteiger charge is 2.27. The second-order valence-corrected chi connectivity index (χ2v) is 5.12. The van der Waals surface area contributed by atoms with Crippen LogP contribution in [0.3, 0.4) is 0 Å². The highest BCUT2D eigenvalue weighted by Crippen LogP contribution is 2.27. The van der Waals surface area contributed by atoms with Gasteiger partial charge in [-0.25, -0.2) is 14.4 Å². The average molecular weight is 267 g/mol. The third kappa shape index (κ3) is 3.62. The number of halogens is 1. The molecular formula is C13H18FN3O2. The summed E-state index contributed by atoms with van der Waals surface area (Å²) in [5, 5.41) is 8.85. The number of aromatic nitrogens is 2. The lowest BCUT2D eigenvalue weighted by Gasteiger charge is -2.35. The summed E-state index contributed by atoms with van der Waals surface area (Å²) in [4.78, 5) is 20.7. The summed E-state index contributed by atoms with van der Waals surface area (Å²) in [6, 6.07) is 0. The zero-order valence-electron chi connectivity index (χ0n) is 10.9. The van der Waals surface area contributed by atoms with Gasteiger partial charge in [0, 0.05) is 19.5 Å². The fraction of sp³-hybridized carbons (Fsp3) is 0.615. The van der Waals surface area contributed by atoms with Gasteiger partial charge in [0.25, 0.3) is 0 Å². The SMILES string of the molecule is CC(CC(=O)O)C1CCCN(c2ncc(F)cn2)C1. The van der Waals surface area contributed by atoms with Crippen LogP contribution < -0.4 is 4.90 Å². The van der Waals surface area contributed by atoms with Gasteiger partial charge in [-0.05, 0) is 24.7 Å². The maximum absolute atomic E-state index is 12.8. The lowest BCUT2D eigenvalue weighted by Crippen LogP contribution is -2.39. The molecule has 0 amide bonds. The van der Waals surface area contributed by atoms with Gasteiger partial charge in [0.15, 0.2) is 5.82 Å². The summed E-state index contributed by atoms with van der Waals surface area (Å²) < 4.78 is 12.8. The van der Waals surface area contributed by atoms with E-state index in [1.165, 1.54) is 0 Å². The van der Waals surface area contributed by atoms with E-state index in [0.717, 1.165) is 38.3 Å². The number of carboxylic acids is 1. The molecule has 0 bridgehead atoms. The van der Waals surface area contributed by atoms with Crippen molar-refractivity contribution >= 4 is 11.9 Å². The van der Waals surface area contributed by atoms with E-state index in [4.69, 9.17) is 5.11 Å². The maximum atomic E-state index is 12.8. The maximum Gasteiger partial charge on any atom is 0.303 e. The van der Waals surface area contributed by atoms with E-state index in [0.29, 0.717) is 11.9 Å². The quantitative estimate of drug-likeness (QED) is 0.903. The van der Waals surface area contributed by atoms with E-state index < -0.39 is 11.8 Å². The van der Waals surface area contributed by atoms with Crippen molar-refractivity contribution < 1.29 is 14.3 Å². The van der Waals surface area contributed by atoms with Gasteiger partial charge in [-0.1, -0.05) is 6.92 Å². The second-order valence-electron chi connectivity index (χ2n) is 5.12. The van der Waals surface area contributed by atoms with E-state index in [1.54, 1.807) is 0 Å². The van der Waals surface area contributed by atoms with E-state index in [-0.39, 0.29) is 12.3 Å². The molecule has 19 heavy (non-hydrogen) atoms. The van der Waals surface area contributed by atoms with Gasteiger partial charge in [-0.15, -0.1) is 0 Å². The molecule has 1 aliphatic heterocycles. The van der Waals surface area contributed by atoms with Crippen LogP contribution in [0.5, 0.6) is 0 Å². The predicted octanol–water partition coefficient (Wildman–Crippen LogP) is 1.94. The van der Waals surface area contributed by atoms with Crippen molar-refractivity contribution in [2.24, 2.45) is 11.8 Å². The third-order valence-electron chi connectivity index (χ3n) is 3.65. The van der Waals surface area contributed by atoms with Crippen LogP contribution in [0.15, 0.2) is 12.4 Å². The highest BCUT2D eigenvalue weighted by atomic mass is 19.1. The molecule has 2 atom stereocenters. The van der Waals surface area contributed by atoms with Crippen molar-refractivity contribution in [3.63, 3.8) is 0 Å². The van der Waals surface area contributed by atoms with Crippen LogP contribution in [0.2, 0.25) is 0 Å². The van der Waals surface area contributed by atoms with Gasteiger partial charge < -0.3 is 10.0 Å². The van der Waals surface area contributed by atoms with Crippen molar-refractivity contribution in [1.29, 1.82) is 0 Å². The zero-order valence-corrected chi connectivity index (χ0v) is 10.9. The Labute approximate surface area is 111 Å². The minimum atomic E-state index is -0.761. The Morgan fingerprint density at radius 1 is 1.58 bits per heavy atom. The van der Waals surface area contributed by atoms with Gasteiger partial charge in [-0.3, -0.25) is 4.79 Å². The number of carbonyl (C=O) groups is 1. The smallest absolute Gasteiger partial charge is 0.303 e. The summed E-state index contributed by atoms with van der Waals surface area (Å²) in [6.07, 6.45) is 4.50. The monoisotopic (exact) mass is 267 g/mol. The number of hydrogen-bond donors (Lipinski definition) is 1. The Bertz CT molecular complexity index is 438. The molecule has 0 aliphatic carbocycles. The molecule has 2 rings (SSSR count). The first-order chi connectivity index (χ1) is 9.06. The first kappa shape index (κ1) is 13.7. The summed E-state index contributed by atoms with van der Waals surface area (Å²) in [5.74, 6) is -0.243. The average Bonchev–Trinajstić information content (AvgIpc) is 2.39. The molecule has 0 saturated carbocycles. The number of nitrogens with zero attached hydrogens (tertiary/aromatic N) is 3. The van der Waals surface area contributed by atoms with Crippen molar-refractivity contribution in [3.05, 3.63) is 18.2 Å². The van der Waals surface area contributed by atoms with Crippen LogP contribution in [-0.2, 0) is 4.79 Å². The molecule has 0 radical (unpaired) electrons. The fourth-order valence-electron chi connectivity index (χ4n) is 2.57. The van der Waals surface area contributed by atoms with Crippen molar-refractivity contribution in [2.45, 2.75) is 26.2 Å². The Morgan fingerprint density at radius 2 is 2.26 bits per heavy atom. The van der Waals surface area contributed by atoms with Crippen molar-refractivity contribution in [1.82, 2.24) is 9.97 Å². The minimum absolute atomic E-state index is 0.126. The molecule has 1 aliphatic rings. The Balaban J connectivity index is 2.00. The molecule has 1 aromatic rings. The molecule has 2 unspecified atom stereocenters. The Hall–Kier alpha value is -1.72. The summed E-state index contributed by atoms with van der Waals surface area (Å²) in [6.45, 7) is 3.54. The molecule has 1 fully saturated rings. The molecule has 0 spiro atoms. The van der Waals surface area contributed by atoms with Gasteiger partial charge in [0.2, 0.25) is 5.95 Å². The van der Waals surface area contributed by atoms with Crippen LogP contribution in [-0.4, -0.2) is 34.1 Å². The van der Waals surface area contributed by atoms with Crippen LogP contribution in [0.4, 0.5) is 10.3 Å². The first-order valence-electron chi connectivity index (χ1n) is 6.50. The number of aliphatic carboxylic acids is 1. The molecule has 1 aromatic heterocycles. The van der Waals surface area contributed by atoms with E-state index >= 15 is 0 Å². The molecule has 6 heteroatoms. The lowest BCUT2D eigenvalue weighted by atomic mass is 9.85. The predicted molar refractivity (Wildman–Crippen MR) is 68.3 cm³/mol. The number of rotatable bonds is 4. The largest absolute Gasteiger partial charge is 0.481 e. The Kier molecular flexibility index (Phi) is 4.29. The van der Waals surface area contributed by atoms with Crippen LogP contribution in [0.25, 0.3) is 0 Å². The standard InChI is InChI=1S/C13H18FN3O2/c1-9(5-12(18)19)10-3-2-4-17(8-10)13-15-6-11(14)7-16-13/h6-7,9-10H,2-5,8H2,1H3,(H,18,19). The van der Waals surface area contributed by atoms with Gasteiger partial charge in [0.1, 0.15) is 0 Å². The van der Waals surface area contributed by atoms with Gasteiger partial charge in [-0.2, -0.15) is 0 Å². The van der Waals surface area contributed by atoms with Crippen LogP contribution in [0.1, 0.15) is 26.2 Å². The topological polar surface area (TPSA) is 66.3 Å². The zero-order chi connectivity index (χ0) is 13.8. The molecule has 0 aromatic carbocycles. The Morgan fingerprint density at radius 3 is 2.89 bits per heavy atom. The number of hydrogen-bond acceptors (Lipinski definition) is 4. The molecule has 5 nitrogen and oxygen atoms in total. The number of carboxylic acid groups (broad SMARTS) is 1. The molecule has 1 saturated heterocycles. The highest BCUT2D eigenvalue weighted by molar-refractivity contribution is 5.67. The number of anilines is 1. The van der Waals surface area contributed by atoms with Crippen molar-refractivity contribution in [2.75, 3.05) is 18.0 Å².